The van der Waals surface area contributed by atoms with Crippen molar-refractivity contribution in [2.45, 2.75) is 32.0 Å². The Balaban J connectivity index is 3.15. The number of nitro groups is 1. The minimum Gasteiger partial charge on any atom is -0.366 e. The van der Waals surface area contributed by atoms with Gasteiger partial charge in [-0.05, 0) is 18.6 Å². The van der Waals surface area contributed by atoms with E-state index in [-0.39, 0.29) is 5.69 Å². The van der Waals surface area contributed by atoms with Gasteiger partial charge in [0.1, 0.15) is 5.69 Å². The van der Waals surface area contributed by atoms with Crippen LogP contribution in [0.3, 0.4) is 0 Å². The molecule has 7 heteroatoms. The second-order valence-corrected chi connectivity index (χ2v) is 4.14. The van der Waals surface area contributed by atoms with Crippen molar-refractivity contribution in [1.29, 1.82) is 0 Å². The number of anilines is 1. The van der Waals surface area contributed by atoms with Crippen molar-refractivity contribution in [2.75, 3.05) is 5.32 Å². The average molecular weight is 286 g/mol. The molecule has 1 rings (SSSR count). The average Bonchev–Trinajstić information content (AvgIpc) is 2.36. The smallest absolute Gasteiger partial charge is 0.366 e. The Labute approximate surface area is 114 Å². The van der Waals surface area contributed by atoms with Crippen LogP contribution < -0.4 is 5.32 Å². The van der Waals surface area contributed by atoms with Crippen LogP contribution in [0.5, 0.6) is 0 Å². The zero-order valence-corrected chi connectivity index (χ0v) is 10.7. The topological polar surface area (TPSA) is 55.2 Å². The van der Waals surface area contributed by atoms with Crippen molar-refractivity contribution >= 4 is 11.4 Å². The monoisotopic (exact) mass is 286 g/mol. The number of hydrogen-bond donors (Lipinski definition) is 1. The number of nitrogens with zero attached hydrogens (tertiary/aromatic N) is 1. The van der Waals surface area contributed by atoms with Crippen molar-refractivity contribution < 1.29 is 18.1 Å². The predicted molar refractivity (Wildman–Crippen MR) is 69.3 cm³/mol. The molecular weight excluding hydrogens is 273 g/mol. The largest absolute Gasteiger partial charge is 0.416 e. The standard InChI is InChI=1S/C13H13F3N2O2/c1-3-5-10(4-2)17-11-7-6-9(13(14,15)16)8-12(11)18(19)20/h2,6-8,10,17H,3,5H2,1H3. The van der Waals surface area contributed by atoms with Crippen LogP contribution >= 0.6 is 0 Å². The van der Waals surface area contributed by atoms with Gasteiger partial charge in [0.15, 0.2) is 0 Å². The third-order valence-electron chi connectivity index (χ3n) is 2.63. The molecule has 0 saturated carbocycles. The lowest BCUT2D eigenvalue weighted by atomic mass is 10.1. The molecule has 0 spiro atoms. The Morgan fingerprint density at radius 2 is 2.15 bits per heavy atom. The van der Waals surface area contributed by atoms with E-state index in [4.69, 9.17) is 6.42 Å². The number of nitrogens with one attached hydrogen (secondary N) is 1. The summed E-state index contributed by atoms with van der Waals surface area (Å²) in [6.45, 7) is 1.88. The fourth-order valence-corrected chi connectivity index (χ4v) is 1.65. The first kappa shape index (κ1) is 15.8. The number of halogens is 3. The molecule has 1 atom stereocenters. The number of nitro benzene ring substituents is 1. The molecule has 1 aromatic carbocycles. The molecule has 0 bridgehead atoms. The Morgan fingerprint density at radius 3 is 2.60 bits per heavy atom. The summed E-state index contributed by atoms with van der Waals surface area (Å²) in [6, 6.07) is 1.85. The van der Waals surface area contributed by atoms with Crippen molar-refractivity contribution in [1.82, 2.24) is 0 Å². The van der Waals surface area contributed by atoms with Gasteiger partial charge < -0.3 is 5.32 Å². The molecule has 1 unspecified atom stereocenters. The summed E-state index contributed by atoms with van der Waals surface area (Å²) in [6.07, 6.45) is 1.95. The van der Waals surface area contributed by atoms with Gasteiger partial charge in [-0.3, -0.25) is 10.1 Å². The van der Waals surface area contributed by atoms with E-state index in [1.807, 2.05) is 6.92 Å². The van der Waals surface area contributed by atoms with Gasteiger partial charge in [-0.15, -0.1) is 6.42 Å². The van der Waals surface area contributed by atoms with Gasteiger partial charge in [-0.1, -0.05) is 19.3 Å². The highest BCUT2D eigenvalue weighted by Gasteiger charge is 2.33. The van der Waals surface area contributed by atoms with Crippen LogP contribution in [0.2, 0.25) is 0 Å². The lowest BCUT2D eigenvalue weighted by molar-refractivity contribution is -0.384. The summed E-state index contributed by atoms with van der Waals surface area (Å²) >= 11 is 0. The third-order valence-corrected chi connectivity index (χ3v) is 2.63. The molecular formula is C13H13F3N2O2. The number of hydrogen-bond acceptors (Lipinski definition) is 3. The molecule has 0 radical (unpaired) electrons. The normalized spacial score (nSPS) is 12.6. The number of terminal acetylenes is 1. The number of alkyl halides is 3. The summed E-state index contributed by atoms with van der Waals surface area (Å²) in [4.78, 5) is 10.0. The molecule has 0 aliphatic heterocycles. The molecule has 1 N–H and O–H groups in total. The zero-order chi connectivity index (χ0) is 15.3. The summed E-state index contributed by atoms with van der Waals surface area (Å²) in [5.41, 5.74) is -1.72. The summed E-state index contributed by atoms with van der Waals surface area (Å²) < 4.78 is 37.6. The van der Waals surface area contributed by atoms with Gasteiger partial charge in [0, 0.05) is 6.07 Å². The predicted octanol–water partition coefficient (Wildman–Crippen LogP) is 3.83. The molecule has 0 aliphatic carbocycles. The second kappa shape index (κ2) is 6.28. The molecule has 20 heavy (non-hydrogen) atoms. The van der Waals surface area contributed by atoms with E-state index in [9.17, 15) is 23.3 Å². The van der Waals surface area contributed by atoms with Gasteiger partial charge in [0.05, 0.1) is 16.5 Å². The Kier molecular flexibility index (Phi) is 4.97. The van der Waals surface area contributed by atoms with Gasteiger partial charge in [0.2, 0.25) is 0 Å². The first-order valence-electron chi connectivity index (χ1n) is 5.88. The molecule has 0 aromatic heterocycles. The zero-order valence-electron chi connectivity index (χ0n) is 10.7. The minimum absolute atomic E-state index is 0.0144. The molecule has 0 amide bonds. The SMILES string of the molecule is C#CC(CCC)Nc1ccc(C(F)(F)F)cc1[N+](=O)[O-]. The van der Waals surface area contributed by atoms with E-state index in [1.165, 1.54) is 0 Å². The highest BCUT2D eigenvalue weighted by atomic mass is 19.4. The van der Waals surface area contributed by atoms with E-state index in [0.717, 1.165) is 18.6 Å². The molecule has 1 aromatic rings. The van der Waals surface area contributed by atoms with E-state index in [0.29, 0.717) is 12.5 Å². The maximum atomic E-state index is 12.5. The third kappa shape index (κ3) is 3.88. The van der Waals surface area contributed by atoms with E-state index in [2.05, 4.69) is 11.2 Å². The Bertz CT molecular complexity index is 535. The summed E-state index contributed by atoms with van der Waals surface area (Å²) in [7, 11) is 0. The number of rotatable bonds is 5. The van der Waals surface area contributed by atoms with Crippen molar-refractivity contribution in [3.63, 3.8) is 0 Å². The maximum Gasteiger partial charge on any atom is 0.416 e. The molecule has 0 fully saturated rings. The van der Waals surface area contributed by atoms with Crippen molar-refractivity contribution in [3.05, 3.63) is 33.9 Å². The second-order valence-electron chi connectivity index (χ2n) is 4.14. The van der Waals surface area contributed by atoms with E-state index in [1.54, 1.807) is 0 Å². The quantitative estimate of drug-likeness (QED) is 0.508. The van der Waals surface area contributed by atoms with Gasteiger partial charge in [0.25, 0.3) is 5.69 Å². The van der Waals surface area contributed by atoms with Crippen LogP contribution in [-0.4, -0.2) is 11.0 Å². The lowest BCUT2D eigenvalue weighted by Crippen LogP contribution is -2.18. The summed E-state index contributed by atoms with van der Waals surface area (Å²) in [5.74, 6) is 2.41. The minimum atomic E-state index is -4.63. The van der Waals surface area contributed by atoms with Crippen LogP contribution in [0.1, 0.15) is 25.3 Å². The summed E-state index contributed by atoms with van der Waals surface area (Å²) in [5, 5.41) is 13.6. The van der Waals surface area contributed by atoms with E-state index < -0.39 is 28.4 Å². The highest BCUT2D eigenvalue weighted by Crippen LogP contribution is 2.35. The highest BCUT2D eigenvalue weighted by molar-refractivity contribution is 5.64. The van der Waals surface area contributed by atoms with Crippen molar-refractivity contribution in [2.24, 2.45) is 0 Å². The Morgan fingerprint density at radius 1 is 1.50 bits per heavy atom. The number of benzene rings is 1. The van der Waals surface area contributed by atoms with Gasteiger partial charge in [-0.25, -0.2) is 0 Å². The van der Waals surface area contributed by atoms with Crippen molar-refractivity contribution in [3.8, 4) is 12.3 Å². The molecule has 4 nitrogen and oxygen atoms in total. The first-order valence-corrected chi connectivity index (χ1v) is 5.88. The molecule has 0 aliphatic rings. The molecule has 0 heterocycles. The lowest BCUT2D eigenvalue weighted by Gasteiger charge is -2.14. The molecule has 0 saturated heterocycles. The van der Waals surface area contributed by atoms with Crippen LogP contribution in [-0.2, 0) is 6.18 Å². The van der Waals surface area contributed by atoms with Crippen LogP contribution in [0.4, 0.5) is 24.5 Å². The Hall–Kier alpha value is -2.23. The fourth-order valence-electron chi connectivity index (χ4n) is 1.65. The fraction of sp³-hybridized carbons (Fsp3) is 0.385. The van der Waals surface area contributed by atoms with Crippen LogP contribution in [0.15, 0.2) is 18.2 Å². The maximum absolute atomic E-state index is 12.5. The van der Waals surface area contributed by atoms with Crippen LogP contribution in [0, 0.1) is 22.5 Å². The van der Waals surface area contributed by atoms with Gasteiger partial charge >= 0.3 is 6.18 Å². The van der Waals surface area contributed by atoms with Gasteiger partial charge in [-0.2, -0.15) is 13.2 Å². The van der Waals surface area contributed by atoms with Crippen LogP contribution in [0.25, 0.3) is 0 Å². The first-order chi connectivity index (χ1) is 9.29. The molecule has 108 valence electrons. The van der Waals surface area contributed by atoms with E-state index >= 15 is 0 Å².